The van der Waals surface area contributed by atoms with Gasteiger partial charge in [-0.3, -0.25) is 0 Å². The van der Waals surface area contributed by atoms with E-state index in [2.05, 4.69) is 0 Å². The molecule has 0 radical (unpaired) electrons. The van der Waals surface area contributed by atoms with E-state index in [0.29, 0.717) is 5.41 Å². The molecule has 0 aliphatic heterocycles. The summed E-state index contributed by atoms with van der Waals surface area (Å²) in [6.07, 6.45) is 11.3. The summed E-state index contributed by atoms with van der Waals surface area (Å²) in [6, 6.07) is 0. The molecule has 2 fully saturated rings. The molecule has 82 valence electrons. The highest BCUT2D eigenvalue weighted by molar-refractivity contribution is 4.94. The zero-order chi connectivity index (χ0) is 10.0. The van der Waals surface area contributed by atoms with E-state index in [1.807, 2.05) is 0 Å². The van der Waals surface area contributed by atoms with Crippen molar-refractivity contribution < 1.29 is 5.11 Å². The number of rotatable bonds is 3. The second kappa shape index (κ2) is 4.19. The first kappa shape index (κ1) is 10.4. The first-order valence-electron chi connectivity index (χ1n) is 6.17. The molecule has 0 aromatic heterocycles. The number of hydrogen-bond acceptors (Lipinski definition) is 2. The van der Waals surface area contributed by atoms with E-state index in [4.69, 9.17) is 10.8 Å². The molecule has 2 nitrogen and oxygen atoms in total. The Morgan fingerprint density at radius 3 is 2.50 bits per heavy atom. The van der Waals surface area contributed by atoms with Crippen molar-refractivity contribution in [2.45, 2.75) is 64.0 Å². The molecule has 14 heavy (non-hydrogen) atoms. The van der Waals surface area contributed by atoms with Gasteiger partial charge >= 0.3 is 0 Å². The van der Waals surface area contributed by atoms with Crippen LogP contribution in [-0.2, 0) is 0 Å². The Hall–Kier alpha value is -0.0800. The zero-order valence-electron chi connectivity index (χ0n) is 9.04. The topological polar surface area (TPSA) is 46.2 Å². The molecule has 2 unspecified atom stereocenters. The Morgan fingerprint density at radius 2 is 1.86 bits per heavy atom. The minimum absolute atomic E-state index is 0.589. The van der Waals surface area contributed by atoms with Crippen LogP contribution in [0, 0.1) is 11.3 Å². The highest BCUT2D eigenvalue weighted by atomic mass is 16.3. The lowest BCUT2D eigenvalue weighted by molar-refractivity contribution is 0.133. The molecule has 0 amide bonds. The van der Waals surface area contributed by atoms with E-state index < -0.39 is 6.23 Å². The lowest BCUT2D eigenvalue weighted by Crippen LogP contribution is -2.25. The molecule has 2 rings (SSSR count). The minimum atomic E-state index is -0.589. The van der Waals surface area contributed by atoms with Crippen molar-refractivity contribution in [2.24, 2.45) is 17.1 Å². The van der Waals surface area contributed by atoms with Crippen LogP contribution in [-0.4, -0.2) is 11.3 Å². The lowest BCUT2D eigenvalue weighted by Gasteiger charge is -2.31. The van der Waals surface area contributed by atoms with Gasteiger partial charge in [0.2, 0.25) is 0 Å². The third-order valence-corrected chi connectivity index (χ3v) is 4.50. The summed E-state index contributed by atoms with van der Waals surface area (Å²) in [5.74, 6) is 0.864. The van der Waals surface area contributed by atoms with Crippen molar-refractivity contribution in [1.82, 2.24) is 0 Å². The van der Waals surface area contributed by atoms with Gasteiger partial charge in [0, 0.05) is 0 Å². The largest absolute Gasteiger partial charge is 0.379 e. The van der Waals surface area contributed by atoms with Gasteiger partial charge in [-0.25, -0.2) is 0 Å². The lowest BCUT2D eigenvalue weighted by atomic mass is 9.74. The van der Waals surface area contributed by atoms with Crippen LogP contribution in [0.3, 0.4) is 0 Å². The summed E-state index contributed by atoms with van der Waals surface area (Å²) >= 11 is 0. The Bertz CT molecular complexity index is 179. The maximum absolute atomic E-state index is 9.12. The predicted molar refractivity (Wildman–Crippen MR) is 57.7 cm³/mol. The Labute approximate surface area is 86.9 Å². The molecule has 0 bridgehead atoms. The summed E-state index contributed by atoms with van der Waals surface area (Å²) in [5.41, 5.74) is 6.09. The average Bonchev–Trinajstić information content (AvgIpc) is 2.74. The number of hydrogen-bond donors (Lipinski definition) is 2. The molecule has 2 heteroatoms. The number of aliphatic hydroxyl groups is 1. The summed E-state index contributed by atoms with van der Waals surface area (Å²) in [4.78, 5) is 0. The smallest absolute Gasteiger partial charge is 0.102 e. The minimum Gasteiger partial charge on any atom is -0.379 e. The summed E-state index contributed by atoms with van der Waals surface area (Å²) < 4.78 is 0. The molecule has 0 aromatic rings. The van der Waals surface area contributed by atoms with E-state index in [9.17, 15) is 0 Å². The van der Waals surface area contributed by atoms with Crippen LogP contribution in [0.1, 0.15) is 57.8 Å². The molecule has 2 atom stereocenters. The number of nitrogens with two attached hydrogens (primary N) is 1. The van der Waals surface area contributed by atoms with Gasteiger partial charge in [0.1, 0.15) is 6.23 Å². The van der Waals surface area contributed by atoms with Crippen LogP contribution in [0.2, 0.25) is 0 Å². The van der Waals surface area contributed by atoms with Gasteiger partial charge in [0.15, 0.2) is 0 Å². The maximum atomic E-state index is 9.12. The maximum Gasteiger partial charge on any atom is 0.102 e. The van der Waals surface area contributed by atoms with Crippen molar-refractivity contribution in [3.8, 4) is 0 Å². The zero-order valence-corrected chi connectivity index (χ0v) is 9.04. The van der Waals surface area contributed by atoms with E-state index >= 15 is 0 Å². The van der Waals surface area contributed by atoms with Gasteiger partial charge in [0.25, 0.3) is 0 Å². The van der Waals surface area contributed by atoms with Crippen molar-refractivity contribution in [3.63, 3.8) is 0 Å². The van der Waals surface area contributed by atoms with Crippen LogP contribution in [0.5, 0.6) is 0 Å². The van der Waals surface area contributed by atoms with Crippen molar-refractivity contribution >= 4 is 0 Å². The SMILES string of the molecule is NC(O)CCC1CCCC12CCCC2. The molecule has 2 aliphatic carbocycles. The fourth-order valence-corrected chi connectivity index (χ4v) is 3.77. The predicted octanol–water partition coefficient (Wildman–Crippen LogP) is 2.40. The number of aliphatic hydroxyl groups excluding tert-OH is 1. The Morgan fingerprint density at radius 1 is 1.21 bits per heavy atom. The monoisotopic (exact) mass is 197 g/mol. The third kappa shape index (κ3) is 1.96. The normalized spacial score (nSPS) is 32.6. The standard InChI is InChI=1S/C12H23NO/c13-11(14)6-5-10-4-3-9-12(10)7-1-2-8-12/h10-11,14H,1-9,13H2. The highest BCUT2D eigenvalue weighted by Crippen LogP contribution is 2.55. The molecule has 0 saturated heterocycles. The third-order valence-electron chi connectivity index (χ3n) is 4.50. The van der Waals surface area contributed by atoms with Crippen LogP contribution < -0.4 is 5.73 Å². The van der Waals surface area contributed by atoms with Gasteiger partial charge in [-0.1, -0.05) is 19.3 Å². The fourth-order valence-electron chi connectivity index (χ4n) is 3.77. The molecule has 1 spiro atoms. The van der Waals surface area contributed by atoms with E-state index in [1.54, 1.807) is 0 Å². The van der Waals surface area contributed by atoms with Crippen molar-refractivity contribution in [2.75, 3.05) is 0 Å². The van der Waals surface area contributed by atoms with Gasteiger partial charge in [-0.15, -0.1) is 0 Å². The quantitative estimate of drug-likeness (QED) is 0.682. The molecule has 0 aromatic carbocycles. The fraction of sp³-hybridized carbons (Fsp3) is 1.00. The van der Waals surface area contributed by atoms with E-state index in [1.165, 1.54) is 44.9 Å². The summed E-state index contributed by atoms with van der Waals surface area (Å²) in [5, 5.41) is 9.12. The van der Waals surface area contributed by atoms with Gasteiger partial charge in [-0.2, -0.15) is 0 Å². The highest BCUT2D eigenvalue weighted by Gasteiger charge is 2.43. The molecule has 0 heterocycles. The van der Waals surface area contributed by atoms with E-state index in [-0.39, 0.29) is 0 Å². The van der Waals surface area contributed by atoms with Crippen LogP contribution in [0.4, 0.5) is 0 Å². The van der Waals surface area contributed by atoms with Gasteiger partial charge < -0.3 is 10.8 Å². The van der Waals surface area contributed by atoms with Gasteiger partial charge in [0.05, 0.1) is 0 Å². The summed E-state index contributed by atoms with van der Waals surface area (Å²) in [6.45, 7) is 0. The Balaban J connectivity index is 1.90. The van der Waals surface area contributed by atoms with Crippen molar-refractivity contribution in [3.05, 3.63) is 0 Å². The first-order valence-corrected chi connectivity index (χ1v) is 6.17. The molecule has 2 saturated carbocycles. The van der Waals surface area contributed by atoms with Crippen LogP contribution >= 0.6 is 0 Å². The second-order valence-electron chi connectivity index (χ2n) is 5.30. The van der Waals surface area contributed by atoms with Gasteiger partial charge in [-0.05, 0) is 49.9 Å². The van der Waals surface area contributed by atoms with Crippen LogP contribution in [0.25, 0.3) is 0 Å². The van der Waals surface area contributed by atoms with Crippen molar-refractivity contribution in [1.29, 1.82) is 0 Å². The second-order valence-corrected chi connectivity index (χ2v) is 5.30. The molecule has 3 N–H and O–H groups in total. The first-order chi connectivity index (χ1) is 6.73. The Kier molecular flexibility index (Phi) is 3.13. The molecular formula is C12H23NO. The molecule has 2 aliphatic rings. The molecular weight excluding hydrogens is 174 g/mol. The van der Waals surface area contributed by atoms with E-state index in [0.717, 1.165) is 18.8 Å². The summed E-state index contributed by atoms with van der Waals surface area (Å²) in [7, 11) is 0. The average molecular weight is 197 g/mol. The van der Waals surface area contributed by atoms with Crippen LogP contribution in [0.15, 0.2) is 0 Å².